The zero-order valence-electron chi connectivity index (χ0n) is 7.93. The summed E-state index contributed by atoms with van der Waals surface area (Å²) in [7, 11) is 0. The number of hydrogen-bond donors (Lipinski definition) is 1. The van der Waals surface area contributed by atoms with Crippen LogP contribution in [0.1, 0.15) is 6.42 Å². The second kappa shape index (κ2) is 4.82. The molecule has 0 saturated heterocycles. The number of tetrazole rings is 1. The summed E-state index contributed by atoms with van der Waals surface area (Å²) in [5.41, 5.74) is 5.45. The number of nitrogens with zero attached hydrogens (tertiary/aromatic N) is 4. The van der Waals surface area contributed by atoms with Crippen LogP contribution in [0, 0.1) is 0 Å². The van der Waals surface area contributed by atoms with Crippen LogP contribution in [0.3, 0.4) is 0 Å². The Morgan fingerprint density at radius 2 is 2.33 bits per heavy atom. The molecular formula is C8H10BrN5S. The number of halogens is 1. The van der Waals surface area contributed by atoms with Crippen molar-refractivity contribution in [1.29, 1.82) is 0 Å². The molecule has 0 radical (unpaired) electrons. The van der Waals surface area contributed by atoms with Crippen LogP contribution in [-0.2, 0) is 6.54 Å². The molecule has 2 aromatic heterocycles. The van der Waals surface area contributed by atoms with Crippen molar-refractivity contribution in [3.05, 3.63) is 15.9 Å². The van der Waals surface area contributed by atoms with E-state index in [-0.39, 0.29) is 0 Å². The maximum atomic E-state index is 5.45. The molecule has 5 nitrogen and oxygen atoms in total. The van der Waals surface area contributed by atoms with Crippen LogP contribution in [0.5, 0.6) is 0 Å². The molecule has 15 heavy (non-hydrogen) atoms. The first-order valence-electron chi connectivity index (χ1n) is 4.53. The summed E-state index contributed by atoms with van der Waals surface area (Å²) in [6.45, 7) is 1.40. The molecule has 7 heteroatoms. The SMILES string of the molecule is NCCCn1nnnc1-c1ccc(Br)s1. The van der Waals surface area contributed by atoms with Gasteiger partial charge in [-0.05, 0) is 51.5 Å². The van der Waals surface area contributed by atoms with Crippen molar-refractivity contribution < 1.29 is 0 Å². The highest BCUT2D eigenvalue weighted by atomic mass is 79.9. The maximum Gasteiger partial charge on any atom is 0.192 e. The molecule has 0 amide bonds. The van der Waals surface area contributed by atoms with Crippen molar-refractivity contribution in [3.8, 4) is 10.7 Å². The van der Waals surface area contributed by atoms with Crippen molar-refractivity contribution in [1.82, 2.24) is 20.2 Å². The minimum Gasteiger partial charge on any atom is -0.330 e. The minimum atomic E-state index is 0.646. The summed E-state index contributed by atoms with van der Waals surface area (Å²) in [5, 5.41) is 11.6. The number of hydrogen-bond acceptors (Lipinski definition) is 5. The van der Waals surface area contributed by atoms with Crippen molar-refractivity contribution in [2.24, 2.45) is 5.73 Å². The Balaban J connectivity index is 2.24. The van der Waals surface area contributed by atoms with Gasteiger partial charge in [0.25, 0.3) is 0 Å². The van der Waals surface area contributed by atoms with Crippen molar-refractivity contribution in [2.75, 3.05) is 6.54 Å². The maximum absolute atomic E-state index is 5.45. The van der Waals surface area contributed by atoms with Gasteiger partial charge in [-0.25, -0.2) is 4.68 Å². The monoisotopic (exact) mass is 287 g/mol. The van der Waals surface area contributed by atoms with Gasteiger partial charge in [0.1, 0.15) is 0 Å². The molecule has 0 fully saturated rings. The van der Waals surface area contributed by atoms with Gasteiger partial charge in [-0.2, -0.15) is 0 Å². The van der Waals surface area contributed by atoms with E-state index in [1.54, 1.807) is 16.0 Å². The van der Waals surface area contributed by atoms with Crippen LogP contribution < -0.4 is 5.73 Å². The predicted octanol–water partition coefficient (Wildman–Crippen LogP) is 1.51. The lowest BCUT2D eigenvalue weighted by molar-refractivity contribution is 0.569. The fourth-order valence-corrected chi connectivity index (χ4v) is 2.58. The van der Waals surface area contributed by atoms with E-state index in [0.717, 1.165) is 27.5 Å². The molecule has 2 heterocycles. The van der Waals surface area contributed by atoms with Crippen LogP contribution in [0.2, 0.25) is 0 Å². The van der Waals surface area contributed by atoms with Crippen molar-refractivity contribution in [3.63, 3.8) is 0 Å². The third-order valence-electron chi connectivity index (χ3n) is 1.90. The normalized spacial score (nSPS) is 10.8. The Bertz CT molecular complexity index is 438. The highest BCUT2D eigenvalue weighted by Gasteiger charge is 2.10. The van der Waals surface area contributed by atoms with Gasteiger partial charge in [-0.1, -0.05) is 0 Å². The number of aryl methyl sites for hydroxylation is 1. The molecule has 0 atom stereocenters. The molecule has 2 N–H and O–H groups in total. The first kappa shape index (κ1) is 10.7. The fourth-order valence-electron chi connectivity index (χ4n) is 1.21. The molecule has 2 rings (SSSR count). The lowest BCUT2D eigenvalue weighted by Crippen LogP contribution is -2.08. The van der Waals surface area contributed by atoms with Gasteiger partial charge in [0.05, 0.1) is 8.66 Å². The van der Waals surface area contributed by atoms with Gasteiger partial charge in [-0.15, -0.1) is 16.4 Å². The van der Waals surface area contributed by atoms with Crippen LogP contribution in [0.4, 0.5) is 0 Å². The van der Waals surface area contributed by atoms with E-state index in [1.807, 2.05) is 12.1 Å². The van der Waals surface area contributed by atoms with E-state index in [1.165, 1.54) is 0 Å². The Morgan fingerprint density at radius 3 is 3.00 bits per heavy atom. The van der Waals surface area contributed by atoms with Crippen molar-refractivity contribution >= 4 is 27.3 Å². The Hall–Kier alpha value is -0.790. The minimum absolute atomic E-state index is 0.646. The molecule has 2 aromatic rings. The number of aromatic nitrogens is 4. The van der Waals surface area contributed by atoms with Gasteiger partial charge in [0, 0.05) is 6.54 Å². The molecule has 0 bridgehead atoms. The van der Waals surface area contributed by atoms with E-state index in [0.29, 0.717) is 6.54 Å². The van der Waals surface area contributed by atoms with E-state index < -0.39 is 0 Å². The Kier molecular flexibility index (Phi) is 3.45. The van der Waals surface area contributed by atoms with Gasteiger partial charge in [-0.3, -0.25) is 0 Å². The molecule has 0 saturated carbocycles. The first-order valence-corrected chi connectivity index (χ1v) is 6.14. The number of nitrogens with two attached hydrogens (primary N) is 1. The number of thiophene rings is 1. The molecule has 0 spiro atoms. The van der Waals surface area contributed by atoms with Crippen molar-refractivity contribution in [2.45, 2.75) is 13.0 Å². The molecular weight excluding hydrogens is 278 g/mol. The molecule has 0 aliphatic rings. The fraction of sp³-hybridized carbons (Fsp3) is 0.375. The second-order valence-corrected chi connectivity index (χ2v) is 5.43. The molecule has 0 aliphatic carbocycles. The summed E-state index contributed by atoms with van der Waals surface area (Å²) in [4.78, 5) is 1.06. The highest BCUT2D eigenvalue weighted by molar-refractivity contribution is 9.11. The molecule has 0 aliphatic heterocycles. The van der Waals surface area contributed by atoms with Crippen LogP contribution >= 0.6 is 27.3 Å². The lowest BCUT2D eigenvalue weighted by atomic mass is 10.4. The first-order chi connectivity index (χ1) is 7.31. The van der Waals surface area contributed by atoms with Gasteiger partial charge in [0.15, 0.2) is 5.82 Å². The summed E-state index contributed by atoms with van der Waals surface area (Å²) in [6.07, 6.45) is 0.880. The average Bonchev–Trinajstić information content (AvgIpc) is 2.82. The highest BCUT2D eigenvalue weighted by Crippen LogP contribution is 2.29. The second-order valence-electron chi connectivity index (χ2n) is 2.97. The molecule has 0 unspecified atom stereocenters. The third-order valence-corrected chi connectivity index (χ3v) is 3.52. The van der Waals surface area contributed by atoms with Crippen LogP contribution in [0.15, 0.2) is 15.9 Å². The summed E-state index contributed by atoms with van der Waals surface area (Å²) in [5.74, 6) is 0.805. The van der Waals surface area contributed by atoms with Gasteiger partial charge < -0.3 is 5.73 Å². The standard InChI is InChI=1S/C8H10BrN5S/c9-7-3-2-6(15-7)8-11-12-13-14(8)5-1-4-10/h2-3H,1,4-5,10H2. The Morgan fingerprint density at radius 1 is 1.47 bits per heavy atom. The van der Waals surface area contributed by atoms with Gasteiger partial charge >= 0.3 is 0 Å². The van der Waals surface area contributed by atoms with E-state index >= 15 is 0 Å². The van der Waals surface area contributed by atoms with E-state index in [9.17, 15) is 0 Å². The predicted molar refractivity (Wildman–Crippen MR) is 62.5 cm³/mol. The average molecular weight is 288 g/mol. The van der Waals surface area contributed by atoms with Crippen LogP contribution in [0.25, 0.3) is 10.7 Å². The zero-order chi connectivity index (χ0) is 10.7. The summed E-state index contributed by atoms with van der Waals surface area (Å²) < 4.78 is 2.86. The summed E-state index contributed by atoms with van der Waals surface area (Å²) in [6, 6.07) is 3.99. The lowest BCUT2D eigenvalue weighted by Gasteiger charge is -2.00. The smallest absolute Gasteiger partial charge is 0.192 e. The molecule has 0 aromatic carbocycles. The third kappa shape index (κ3) is 2.42. The van der Waals surface area contributed by atoms with Crippen LogP contribution in [-0.4, -0.2) is 26.8 Å². The number of rotatable bonds is 4. The quantitative estimate of drug-likeness (QED) is 0.926. The van der Waals surface area contributed by atoms with E-state index in [2.05, 4.69) is 31.5 Å². The van der Waals surface area contributed by atoms with Gasteiger partial charge in [0.2, 0.25) is 0 Å². The topological polar surface area (TPSA) is 69.6 Å². The largest absolute Gasteiger partial charge is 0.330 e. The zero-order valence-corrected chi connectivity index (χ0v) is 10.3. The Labute approximate surface area is 99.4 Å². The summed E-state index contributed by atoms with van der Waals surface area (Å²) >= 11 is 5.03. The molecule has 80 valence electrons. The van der Waals surface area contributed by atoms with E-state index in [4.69, 9.17) is 5.73 Å².